The van der Waals surface area contributed by atoms with Gasteiger partial charge in [0.25, 0.3) is 0 Å². The van der Waals surface area contributed by atoms with E-state index in [0.717, 1.165) is 54.7 Å². The molecule has 1 aromatic carbocycles. The van der Waals surface area contributed by atoms with Crippen molar-refractivity contribution in [1.82, 2.24) is 10.2 Å². The number of unbranched alkanes of at least 4 members (excludes halogenated alkanes) is 1. The molecule has 3 heterocycles. The molecule has 3 aliphatic rings. The molecule has 1 N–H and O–H groups in total. The Balaban J connectivity index is 1.03. The maximum Gasteiger partial charge on any atom is 0.221 e. The van der Waals surface area contributed by atoms with Crippen molar-refractivity contribution >= 4 is 22.7 Å². The number of carbonyl (C=O) groups is 2. The fourth-order valence-electron chi connectivity index (χ4n) is 5.98. The van der Waals surface area contributed by atoms with Gasteiger partial charge in [-0.15, -0.1) is 0 Å². The normalized spacial score (nSPS) is 26.3. The van der Waals surface area contributed by atoms with Gasteiger partial charge in [-0.05, 0) is 63.9 Å². The Morgan fingerprint density at radius 1 is 1.09 bits per heavy atom. The molecule has 0 unspecified atom stereocenters. The quantitative estimate of drug-likeness (QED) is 0.396. The summed E-state index contributed by atoms with van der Waals surface area (Å²) < 4.78 is 5.52. The number of para-hydroxylation sites is 1. The summed E-state index contributed by atoms with van der Waals surface area (Å²) in [7, 11) is 0. The molecule has 1 saturated carbocycles. The molecule has 2 bridgehead atoms. The summed E-state index contributed by atoms with van der Waals surface area (Å²) in [6.45, 7) is 3.06. The van der Waals surface area contributed by atoms with E-state index in [0.29, 0.717) is 24.9 Å². The van der Waals surface area contributed by atoms with Crippen molar-refractivity contribution in [3.8, 4) is 0 Å². The summed E-state index contributed by atoms with van der Waals surface area (Å²) in [5, 5.41) is 4.12. The molecular weight excluding hydrogens is 400 g/mol. The lowest BCUT2D eigenvalue weighted by Crippen LogP contribution is -2.45. The number of hydrogen-bond acceptors (Lipinski definition) is 4. The Morgan fingerprint density at radius 3 is 2.59 bits per heavy atom. The fraction of sp³-hybridized carbons (Fsp3) is 0.630. The molecule has 5 rings (SSSR count). The standard InChI is InChI=1S/C27H36N2O3/c1-27(13-14-27)28-26(31)12-15-29-20-10-11-21(29)17-19(16-20)6-2-4-8-24(30)23-18-32-25-9-5-3-7-22(23)25/h3,5,7,9,18-21H,2,4,6,8,10-17H2,1H3,(H,28,31)/t19-,20-,21+. The Labute approximate surface area is 190 Å². The molecule has 5 heteroatoms. The molecule has 3 fully saturated rings. The molecule has 172 valence electrons. The minimum absolute atomic E-state index is 0.0924. The highest BCUT2D eigenvalue weighted by molar-refractivity contribution is 6.07. The van der Waals surface area contributed by atoms with E-state index in [2.05, 4.69) is 17.1 Å². The number of nitrogens with one attached hydrogen (secondary N) is 1. The van der Waals surface area contributed by atoms with Gasteiger partial charge in [-0.1, -0.05) is 31.0 Å². The van der Waals surface area contributed by atoms with Crippen LogP contribution in [0.3, 0.4) is 0 Å². The number of amides is 1. The minimum Gasteiger partial charge on any atom is -0.464 e. The molecule has 3 atom stereocenters. The van der Waals surface area contributed by atoms with Crippen LogP contribution in [0.1, 0.15) is 87.9 Å². The highest BCUT2D eigenvalue weighted by atomic mass is 16.3. The first kappa shape index (κ1) is 21.7. The second kappa shape index (κ2) is 9.01. The average Bonchev–Trinajstić information content (AvgIpc) is 3.25. The Morgan fingerprint density at radius 2 is 1.84 bits per heavy atom. The van der Waals surface area contributed by atoms with Gasteiger partial charge in [-0.3, -0.25) is 14.5 Å². The van der Waals surface area contributed by atoms with Crippen LogP contribution in [-0.4, -0.2) is 40.8 Å². The maximum absolute atomic E-state index is 12.6. The van der Waals surface area contributed by atoms with E-state index >= 15 is 0 Å². The van der Waals surface area contributed by atoms with Gasteiger partial charge in [0.1, 0.15) is 11.8 Å². The molecular formula is C27H36N2O3. The first-order chi connectivity index (χ1) is 15.5. The zero-order valence-corrected chi connectivity index (χ0v) is 19.3. The van der Waals surface area contributed by atoms with Gasteiger partial charge in [0.15, 0.2) is 5.78 Å². The third-order valence-electron chi connectivity index (χ3n) is 8.07. The predicted octanol–water partition coefficient (Wildman–Crippen LogP) is 5.48. The monoisotopic (exact) mass is 436 g/mol. The zero-order chi connectivity index (χ0) is 22.1. The molecule has 5 nitrogen and oxygen atoms in total. The molecule has 2 aliphatic heterocycles. The predicted molar refractivity (Wildman–Crippen MR) is 126 cm³/mol. The van der Waals surface area contributed by atoms with Crippen LogP contribution in [0.5, 0.6) is 0 Å². The molecule has 2 saturated heterocycles. The van der Waals surface area contributed by atoms with Crippen molar-refractivity contribution in [2.45, 2.75) is 95.2 Å². The summed E-state index contributed by atoms with van der Waals surface area (Å²) in [6.07, 6.45) is 13.5. The molecule has 0 radical (unpaired) electrons. The summed E-state index contributed by atoms with van der Waals surface area (Å²) in [5.41, 5.74) is 1.61. The van der Waals surface area contributed by atoms with E-state index in [1.54, 1.807) is 6.26 Å². The van der Waals surface area contributed by atoms with Gasteiger partial charge in [0, 0.05) is 42.4 Å². The largest absolute Gasteiger partial charge is 0.464 e. The third-order valence-corrected chi connectivity index (χ3v) is 8.07. The number of benzene rings is 1. The fourth-order valence-corrected chi connectivity index (χ4v) is 5.98. The van der Waals surface area contributed by atoms with Crippen LogP contribution in [-0.2, 0) is 4.79 Å². The van der Waals surface area contributed by atoms with E-state index in [1.165, 1.54) is 32.1 Å². The number of piperidine rings is 1. The highest BCUT2D eigenvalue weighted by Crippen LogP contribution is 2.40. The second-order valence-electron chi connectivity index (χ2n) is 10.6. The van der Waals surface area contributed by atoms with Crippen molar-refractivity contribution in [1.29, 1.82) is 0 Å². The van der Waals surface area contributed by atoms with Crippen molar-refractivity contribution in [2.24, 2.45) is 5.92 Å². The van der Waals surface area contributed by atoms with Crippen LogP contribution in [0.15, 0.2) is 34.9 Å². The third kappa shape index (κ3) is 4.78. The van der Waals surface area contributed by atoms with Gasteiger partial charge in [-0.25, -0.2) is 0 Å². The number of fused-ring (bicyclic) bond motifs is 3. The lowest BCUT2D eigenvalue weighted by Gasteiger charge is -2.39. The highest BCUT2D eigenvalue weighted by Gasteiger charge is 2.41. The maximum atomic E-state index is 12.6. The van der Waals surface area contributed by atoms with E-state index in [4.69, 9.17) is 4.42 Å². The topological polar surface area (TPSA) is 62.6 Å². The van der Waals surface area contributed by atoms with Crippen LogP contribution in [0, 0.1) is 5.92 Å². The SMILES string of the molecule is CC1(NC(=O)CCN2[C@@H]3CC[C@H]2C[C@H](CCCCC(=O)c2coc4ccccc24)C3)CC1. The molecule has 1 aromatic heterocycles. The Hall–Kier alpha value is -2.14. The number of nitrogens with zero attached hydrogens (tertiary/aromatic N) is 1. The second-order valence-corrected chi connectivity index (χ2v) is 10.6. The Kier molecular flexibility index (Phi) is 6.11. The van der Waals surface area contributed by atoms with Gasteiger partial charge in [-0.2, -0.15) is 0 Å². The van der Waals surface area contributed by atoms with Crippen molar-refractivity contribution < 1.29 is 14.0 Å². The van der Waals surface area contributed by atoms with Crippen LogP contribution >= 0.6 is 0 Å². The van der Waals surface area contributed by atoms with Crippen LogP contribution in [0.4, 0.5) is 0 Å². The lowest BCUT2D eigenvalue weighted by molar-refractivity contribution is -0.122. The summed E-state index contributed by atoms with van der Waals surface area (Å²) in [6, 6.07) is 9.07. The van der Waals surface area contributed by atoms with E-state index < -0.39 is 0 Å². The Bertz CT molecular complexity index is 962. The average molecular weight is 437 g/mol. The number of hydrogen-bond donors (Lipinski definition) is 1. The van der Waals surface area contributed by atoms with Crippen molar-refractivity contribution in [2.75, 3.05) is 6.54 Å². The molecule has 1 aliphatic carbocycles. The number of carbonyl (C=O) groups excluding carboxylic acids is 2. The summed E-state index contributed by atoms with van der Waals surface area (Å²) >= 11 is 0. The van der Waals surface area contributed by atoms with E-state index in [1.807, 2.05) is 24.3 Å². The van der Waals surface area contributed by atoms with Gasteiger partial charge >= 0.3 is 0 Å². The van der Waals surface area contributed by atoms with E-state index in [9.17, 15) is 9.59 Å². The van der Waals surface area contributed by atoms with Crippen LogP contribution < -0.4 is 5.32 Å². The molecule has 2 aromatic rings. The zero-order valence-electron chi connectivity index (χ0n) is 19.3. The van der Waals surface area contributed by atoms with Crippen molar-refractivity contribution in [3.63, 3.8) is 0 Å². The number of ketones is 1. The van der Waals surface area contributed by atoms with Gasteiger partial charge in [0.05, 0.1) is 5.56 Å². The lowest BCUT2D eigenvalue weighted by atomic mass is 9.86. The first-order valence-corrected chi connectivity index (χ1v) is 12.6. The van der Waals surface area contributed by atoms with Gasteiger partial charge < -0.3 is 9.73 Å². The van der Waals surface area contributed by atoms with Crippen molar-refractivity contribution in [3.05, 3.63) is 36.1 Å². The summed E-state index contributed by atoms with van der Waals surface area (Å²) in [4.78, 5) is 27.5. The first-order valence-electron chi connectivity index (χ1n) is 12.6. The number of Topliss-reactive ketones (excluding diaryl/α,β-unsaturated/α-hetero) is 1. The van der Waals surface area contributed by atoms with Crippen LogP contribution in [0.25, 0.3) is 11.0 Å². The van der Waals surface area contributed by atoms with E-state index in [-0.39, 0.29) is 17.2 Å². The number of furan rings is 1. The minimum atomic E-state index is 0.0924. The molecule has 0 spiro atoms. The smallest absolute Gasteiger partial charge is 0.221 e. The van der Waals surface area contributed by atoms with Gasteiger partial charge in [0.2, 0.25) is 5.91 Å². The summed E-state index contributed by atoms with van der Waals surface area (Å²) in [5.74, 6) is 1.19. The number of rotatable bonds is 10. The molecule has 32 heavy (non-hydrogen) atoms. The molecule has 1 amide bonds. The van der Waals surface area contributed by atoms with Crippen LogP contribution in [0.2, 0.25) is 0 Å².